The number of nitrogens with one attached hydrogen (secondary N) is 1. The average molecular weight is 429 g/mol. The van der Waals surface area contributed by atoms with Gasteiger partial charge in [-0.05, 0) is 50.1 Å². The molecule has 0 spiro atoms. The van der Waals surface area contributed by atoms with Gasteiger partial charge < -0.3 is 14.3 Å². The van der Waals surface area contributed by atoms with Gasteiger partial charge >= 0.3 is 5.69 Å². The lowest BCUT2D eigenvalue weighted by molar-refractivity contribution is -0.0734. The molecule has 6 heteroatoms. The van der Waals surface area contributed by atoms with Gasteiger partial charge in [0.2, 0.25) is 0 Å². The number of hydrogen-bond donors (Lipinski definition) is 1. The Morgan fingerprint density at radius 3 is 2.69 bits per heavy atom. The van der Waals surface area contributed by atoms with Gasteiger partial charge in [-0.3, -0.25) is 9.47 Å². The van der Waals surface area contributed by atoms with E-state index in [0.717, 1.165) is 43.5 Å². The Labute approximate surface area is 187 Å². The van der Waals surface area contributed by atoms with Crippen LogP contribution < -0.4 is 5.69 Å². The molecule has 2 aromatic carbocycles. The smallest absolute Gasteiger partial charge is 0.326 e. The van der Waals surface area contributed by atoms with Gasteiger partial charge in [0.1, 0.15) is 5.60 Å². The molecular weight excluding hydrogens is 400 g/mol. The van der Waals surface area contributed by atoms with Crippen LogP contribution in [0, 0.1) is 0 Å². The van der Waals surface area contributed by atoms with Crippen molar-refractivity contribution in [2.45, 2.75) is 38.0 Å². The van der Waals surface area contributed by atoms with Crippen LogP contribution in [-0.2, 0) is 16.9 Å². The molecule has 0 amide bonds. The summed E-state index contributed by atoms with van der Waals surface area (Å²) in [6.45, 7) is 5.55. The Bertz CT molecular complexity index is 1320. The summed E-state index contributed by atoms with van der Waals surface area (Å²) in [5, 5.41) is 0. The summed E-state index contributed by atoms with van der Waals surface area (Å²) in [5.41, 5.74) is 5.13. The van der Waals surface area contributed by atoms with E-state index in [9.17, 15) is 4.79 Å². The molecule has 0 radical (unpaired) electrons. The van der Waals surface area contributed by atoms with Gasteiger partial charge in [-0.2, -0.15) is 0 Å². The molecule has 164 valence electrons. The molecule has 0 bridgehead atoms. The quantitative estimate of drug-likeness (QED) is 0.532. The first kappa shape index (κ1) is 19.6. The first-order valence-electron chi connectivity index (χ1n) is 11.4. The molecule has 1 atom stereocenters. The fraction of sp³-hybridized carbons (Fsp3) is 0.346. The molecule has 6 nitrogen and oxygen atoms in total. The van der Waals surface area contributed by atoms with E-state index < -0.39 is 5.60 Å². The maximum atomic E-state index is 12.6. The van der Waals surface area contributed by atoms with Crippen LogP contribution in [0.2, 0.25) is 0 Å². The normalized spacial score (nSPS) is 21.9. The Morgan fingerprint density at radius 1 is 1.03 bits per heavy atom. The second kappa shape index (κ2) is 7.50. The number of H-pyrrole nitrogens is 1. The van der Waals surface area contributed by atoms with Crippen LogP contribution in [-0.4, -0.2) is 38.7 Å². The zero-order chi connectivity index (χ0) is 21.7. The predicted molar refractivity (Wildman–Crippen MR) is 125 cm³/mol. The largest absolute Gasteiger partial charge is 0.363 e. The van der Waals surface area contributed by atoms with Crippen molar-refractivity contribution in [2.24, 2.45) is 0 Å². The van der Waals surface area contributed by atoms with Gasteiger partial charge in [-0.25, -0.2) is 4.79 Å². The summed E-state index contributed by atoms with van der Waals surface area (Å²) in [6, 6.07) is 21.0. The van der Waals surface area contributed by atoms with Gasteiger partial charge in [0.05, 0.1) is 29.0 Å². The minimum atomic E-state index is -0.396. The van der Waals surface area contributed by atoms with Crippen molar-refractivity contribution in [2.75, 3.05) is 19.6 Å². The van der Waals surface area contributed by atoms with Gasteiger partial charge in [-0.15, -0.1) is 0 Å². The van der Waals surface area contributed by atoms with Gasteiger partial charge in [-0.1, -0.05) is 30.3 Å². The maximum Gasteiger partial charge on any atom is 0.326 e. The van der Waals surface area contributed by atoms with Crippen molar-refractivity contribution in [3.63, 3.8) is 0 Å². The number of imidazole rings is 1. The number of piperidine rings is 1. The van der Waals surface area contributed by atoms with Crippen LogP contribution in [0.4, 0.5) is 0 Å². The monoisotopic (exact) mass is 428 g/mol. The number of para-hydroxylation sites is 3. The first-order valence-corrected chi connectivity index (χ1v) is 11.4. The topological polar surface area (TPSA) is 55.2 Å². The molecule has 32 heavy (non-hydrogen) atoms. The third-order valence-electron chi connectivity index (χ3n) is 7.16. The second-order valence-corrected chi connectivity index (χ2v) is 9.24. The SMILES string of the molecule is CC1(CN2CCC(n3c(=O)[nH]c4ccccc43)CC2)OCc2ccccc2-n2cccc21. The summed E-state index contributed by atoms with van der Waals surface area (Å²) < 4.78 is 10.8. The fourth-order valence-electron chi connectivity index (χ4n) is 5.53. The number of ether oxygens (including phenoxy) is 1. The molecule has 2 aromatic heterocycles. The summed E-state index contributed by atoms with van der Waals surface area (Å²) in [5.74, 6) is 0. The van der Waals surface area contributed by atoms with E-state index >= 15 is 0 Å². The molecule has 4 heterocycles. The number of nitrogens with zero attached hydrogens (tertiary/aromatic N) is 3. The molecule has 0 saturated carbocycles. The number of hydrogen-bond acceptors (Lipinski definition) is 3. The molecule has 4 aromatic rings. The van der Waals surface area contributed by atoms with E-state index in [1.807, 2.05) is 28.8 Å². The van der Waals surface area contributed by atoms with E-state index in [1.54, 1.807) is 0 Å². The van der Waals surface area contributed by atoms with Crippen LogP contribution in [0.15, 0.2) is 71.7 Å². The average Bonchev–Trinajstić information content (AvgIpc) is 3.41. The Morgan fingerprint density at radius 2 is 1.81 bits per heavy atom. The molecule has 2 aliphatic heterocycles. The number of aromatic nitrogens is 3. The Hall–Kier alpha value is -3.09. The standard InChI is InChI=1S/C26H28N4O2/c1-26(24-11-6-14-29(24)22-9-4-2-7-19(22)17-32-26)18-28-15-12-20(13-16-28)30-23-10-5-3-8-21(23)27-25(30)31/h2-11,14,20H,12-13,15-18H2,1H3,(H,27,31). The fourth-order valence-corrected chi connectivity index (χ4v) is 5.53. The summed E-state index contributed by atoms with van der Waals surface area (Å²) >= 11 is 0. The minimum absolute atomic E-state index is 0.000643. The second-order valence-electron chi connectivity index (χ2n) is 9.24. The minimum Gasteiger partial charge on any atom is -0.363 e. The third-order valence-corrected chi connectivity index (χ3v) is 7.16. The predicted octanol–water partition coefficient (Wildman–Crippen LogP) is 4.20. The third kappa shape index (κ3) is 3.14. The van der Waals surface area contributed by atoms with E-state index in [2.05, 4.69) is 64.0 Å². The van der Waals surface area contributed by atoms with Gasteiger partial charge in [0.25, 0.3) is 0 Å². The van der Waals surface area contributed by atoms with E-state index in [0.29, 0.717) is 6.61 Å². The van der Waals surface area contributed by atoms with Gasteiger partial charge in [0.15, 0.2) is 0 Å². The number of likely N-dealkylation sites (tertiary alicyclic amines) is 1. The van der Waals surface area contributed by atoms with Crippen molar-refractivity contribution in [1.82, 2.24) is 19.0 Å². The number of fused-ring (bicyclic) bond motifs is 4. The lowest BCUT2D eigenvalue weighted by Crippen LogP contribution is -2.45. The lowest BCUT2D eigenvalue weighted by atomic mass is 9.98. The van der Waals surface area contributed by atoms with Crippen molar-refractivity contribution in [3.05, 3.63) is 88.6 Å². The van der Waals surface area contributed by atoms with Crippen molar-refractivity contribution >= 4 is 11.0 Å². The van der Waals surface area contributed by atoms with E-state index in [-0.39, 0.29) is 11.7 Å². The molecular formula is C26H28N4O2. The number of aromatic amines is 1. The summed E-state index contributed by atoms with van der Waals surface area (Å²) in [6.07, 6.45) is 4.05. The highest BCUT2D eigenvalue weighted by atomic mass is 16.5. The molecule has 2 aliphatic rings. The summed E-state index contributed by atoms with van der Waals surface area (Å²) in [7, 11) is 0. The van der Waals surface area contributed by atoms with Crippen LogP contribution in [0.25, 0.3) is 16.7 Å². The molecule has 1 fully saturated rings. The summed E-state index contributed by atoms with van der Waals surface area (Å²) in [4.78, 5) is 18.1. The van der Waals surface area contributed by atoms with Crippen molar-refractivity contribution in [1.29, 1.82) is 0 Å². The maximum absolute atomic E-state index is 12.6. The van der Waals surface area contributed by atoms with Crippen molar-refractivity contribution in [3.8, 4) is 5.69 Å². The lowest BCUT2D eigenvalue weighted by Gasteiger charge is -2.39. The van der Waals surface area contributed by atoms with Crippen LogP contribution >= 0.6 is 0 Å². The molecule has 1 N–H and O–H groups in total. The highest BCUT2D eigenvalue weighted by Crippen LogP contribution is 2.36. The van der Waals surface area contributed by atoms with Crippen LogP contribution in [0.5, 0.6) is 0 Å². The van der Waals surface area contributed by atoms with E-state index in [4.69, 9.17) is 4.74 Å². The number of rotatable bonds is 3. The van der Waals surface area contributed by atoms with Crippen LogP contribution in [0.3, 0.4) is 0 Å². The highest BCUT2D eigenvalue weighted by Gasteiger charge is 2.37. The van der Waals surface area contributed by atoms with Crippen molar-refractivity contribution < 1.29 is 4.74 Å². The number of benzene rings is 2. The zero-order valence-electron chi connectivity index (χ0n) is 18.3. The Balaban J connectivity index is 1.22. The zero-order valence-corrected chi connectivity index (χ0v) is 18.3. The first-order chi connectivity index (χ1) is 15.6. The Kier molecular flexibility index (Phi) is 4.59. The van der Waals surface area contributed by atoms with Crippen LogP contribution in [0.1, 0.15) is 37.1 Å². The molecule has 0 aliphatic carbocycles. The molecule has 6 rings (SSSR count). The highest BCUT2D eigenvalue weighted by molar-refractivity contribution is 5.75. The molecule has 1 unspecified atom stereocenters. The van der Waals surface area contributed by atoms with Gasteiger partial charge in [0, 0.05) is 37.4 Å². The van der Waals surface area contributed by atoms with E-state index in [1.165, 1.54) is 16.9 Å². The molecule has 1 saturated heterocycles.